The number of aromatic amines is 1. The first-order valence-corrected chi connectivity index (χ1v) is 7.12. The number of aromatic nitrogens is 3. The number of carbonyl (C=O) groups is 1. The molecule has 0 saturated carbocycles. The van der Waals surface area contributed by atoms with Gasteiger partial charge in [0.1, 0.15) is 18.4 Å². The average Bonchev–Trinajstić information content (AvgIpc) is 2.66. The molecule has 0 radical (unpaired) electrons. The van der Waals surface area contributed by atoms with Gasteiger partial charge < -0.3 is 19.7 Å². The maximum atomic E-state index is 14.8. The summed E-state index contributed by atoms with van der Waals surface area (Å²) < 4.78 is 25.1. The van der Waals surface area contributed by atoms with Crippen molar-refractivity contribution in [2.45, 2.75) is 44.6 Å². The molecule has 10 nitrogen and oxygen atoms in total. The highest BCUT2D eigenvalue weighted by Crippen LogP contribution is 2.41. The predicted molar refractivity (Wildman–Crippen MR) is 75.5 cm³/mol. The molecule has 1 aliphatic rings. The van der Waals surface area contributed by atoms with Gasteiger partial charge in [0.25, 0.3) is 11.4 Å². The third-order valence-corrected chi connectivity index (χ3v) is 3.68. The van der Waals surface area contributed by atoms with E-state index < -0.39 is 53.5 Å². The molecule has 1 saturated heterocycles. The van der Waals surface area contributed by atoms with Crippen molar-refractivity contribution in [3.8, 4) is 0 Å². The number of hydrogen-bond donors (Lipinski definition) is 3. The van der Waals surface area contributed by atoms with E-state index in [-0.39, 0.29) is 0 Å². The van der Waals surface area contributed by atoms with Crippen LogP contribution in [0.15, 0.2) is 15.8 Å². The Morgan fingerprint density at radius 2 is 2.12 bits per heavy atom. The summed E-state index contributed by atoms with van der Waals surface area (Å²) >= 11 is 0. The van der Waals surface area contributed by atoms with Crippen LogP contribution in [-0.2, 0) is 20.0 Å². The third-order valence-electron chi connectivity index (χ3n) is 3.68. The zero-order chi connectivity index (χ0) is 18.3. The molecule has 0 unspecified atom stereocenters. The van der Waals surface area contributed by atoms with Crippen LogP contribution >= 0.6 is 0 Å². The second kappa shape index (κ2) is 6.07. The van der Waals surface area contributed by atoms with Gasteiger partial charge in [-0.3, -0.25) is 14.6 Å². The Labute approximate surface area is 134 Å². The number of alkyl halides is 1. The quantitative estimate of drug-likeness (QED) is 0.542. The summed E-state index contributed by atoms with van der Waals surface area (Å²) in [5.74, 6) is -4.23. The SMILES string of the molecule is CC(C)C(=O)OC[C@@]1(F)O[C@@](C)(n2ncc(=O)[nH]c2=O)[C@H](O)[C@@H]1O. The lowest BCUT2D eigenvalue weighted by Crippen LogP contribution is -2.51. The van der Waals surface area contributed by atoms with Crippen LogP contribution in [0.3, 0.4) is 0 Å². The van der Waals surface area contributed by atoms with E-state index in [4.69, 9.17) is 9.47 Å². The number of hydrogen-bond acceptors (Lipinski definition) is 8. The summed E-state index contributed by atoms with van der Waals surface area (Å²) in [4.78, 5) is 36.2. The summed E-state index contributed by atoms with van der Waals surface area (Å²) in [6.45, 7) is 3.17. The van der Waals surface area contributed by atoms with E-state index in [9.17, 15) is 29.0 Å². The summed E-state index contributed by atoms with van der Waals surface area (Å²) in [6, 6.07) is 0. The smallest absolute Gasteiger partial charge is 0.347 e. The van der Waals surface area contributed by atoms with E-state index in [2.05, 4.69) is 5.10 Å². The van der Waals surface area contributed by atoms with Crippen LogP contribution in [0.4, 0.5) is 4.39 Å². The molecular weight excluding hydrogens is 329 g/mol. The highest BCUT2D eigenvalue weighted by molar-refractivity contribution is 5.71. The molecule has 3 N–H and O–H groups in total. The molecule has 1 aliphatic heterocycles. The van der Waals surface area contributed by atoms with Gasteiger partial charge in [0.2, 0.25) is 0 Å². The molecule has 2 heterocycles. The van der Waals surface area contributed by atoms with Gasteiger partial charge in [0, 0.05) is 0 Å². The lowest BCUT2D eigenvalue weighted by Gasteiger charge is -2.28. The number of halogens is 1. The first kappa shape index (κ1) is 18.2. The maximum absolute atomic E-state index is 14.8. The molecule has 1 aromatic rings. The Morgan fingerprint density at radius 3 is 2.67 bits per heavy atom. The van der Waals surface area contributed by atoms with Gasteiger partial charge in [-0.1, -0.05) is 13.8 Å². The van der Waals surface area contributed by atoms with Gasteiger partial charge in [0.05, 0.1) is 5.92 Å². The van der Waals surface area contributed by atoms with Gasteiger partial charge in [-0.2, -0.15) is 9.78 Å². The summed E-state index contributed by atoms with van der Waals surface area (Å²) in [5.41, 5.74) is -4.00. The number of aliphatic hydroxyl groups excluding tert-OH is 2. The fourth-order valence-electron chi connectivity index (χ4n) is 2.28. The minimum absolute atomic E-state index is 0.494. The van der Waals surface area contributed by atoms with Gasteiger partial charge in [-0.25, -0.2) is 9.18 Å². The van der Waals surface area contributed by atoms with E-state index >= 15 is 0 Å². The Kier molecular flexibility index (Phi) is 4.61. The number of carbonyl (C=O) groups excluding carboxylic acids is 1. The van der Waals surface area contributed by atoms with Crippen LogP contribution < -0.4 is 11.2 Å². The Balaban J connectivity index is 2.33. The van der Waals surface area contributed by atoms with E-state index in [1.165, 1.54) is 13.8 Å². The molecule has 11 heteroatoms. The Hall–Kier alpha value is -2.11. The van der Waals surface area contributed by atoms with E-state index in [1.54, 1.807) is 0 Å². The molecule has 2 rings (SSSR count). The lowest BCUT2D eigenvalue weighted by atomic mass is 10.0. The third kappa shape index (κ3) is 2.97. The Morgan fingerprint density at radius 1 is 1.50 bits per heavy atom. The molecule has 0 bridgehead atoms. The van der Waals surface area contributed by atoms with Crippen molar-refractivity contribution in [3.63, 3.8) is 0 Å². The average molecular weight is 347 g/mol. The normalized spacial score (nSPS) is 33.0. The minimum atomic E-state index is -2.96. The summed E-state index contributed by atoms with van der Waals surface area (Å²) in [6.07, 6.45) is -3.31. The van der Waals surface area contributed by atoms with Gasteiger partial charge in [-0.05, 0) is 6.92 Å². The number of rotatable bonds is 4. The largest absolute Gasteiger partial charge is 0.459 e. The van der Waals surface area contributed by atoms with Gasteiger partial charge >= 0.3 is 11.7 Å². The molecule has 134 valence electrons. The maximum Gasteiger partial charge on any atom is 0.347 e. The number of nitrogens with one attached hydrogen (secondary N) is 1. The van der Waals surface area contributed by atoms with Crippen molar-refractivity contribution in [3.05, 3.63) is 27.0 Å². The number of ether oxygens (including phenoxy) is 2. The van der Waals surface area contributed by atoms with Crippen LogP contribution in [0.5, 0.6) is 0 Å². The van der Waals surface area contributed by atoms with Crippen LogP contribution in [0.1, 0.15) is 20.8 Å². The van der Waals surface area contributed by atoms with E-state index in [1.807, 2.05) is 4.98 Å². The number of nitrogens with zero attached hydrogens (tertiary/aromatic N) is 2. The van der Waals surface area contributed by atoms with Crippen molar-refractivity contribution in [2.75, 3.05) is 6.61 Å². The van der Waals surface area contributed by atoms with Crippen molar-refractivity contribution in [1.82, 2.24) is 14.8 Å². The van der Waals surface area contributed by atoms with Crippen LogP contribution in [0, 0.1) is 5.92 Å². The monoisotopic (exact) mass is 347 g/mol. The van der Waals surface area contributed by atoms with Crippen LogP contribution in [-0.4, -0.2) is 55.6 Å². The van der Waals surface area contributed by atoms with Crippen LogP contribution in [0.25, 0.3) is 0 Å². The first-order chi connectivity index (χ1) is 11.0. The lowest BCUT2D eigenvalue weighted by molar-refractivity contribution is -0.248. The fraction of sp³-hybridized carbons (Fsp3) is 0.692. The highest BCUT2D eigenvalue weighted by atomic mass is 19.2. The highest BCUT2D eigenvalue weighted by Gasteiger charge is 2.63. The topological polar surface area (TPSA) is 144 Å². The minimum Gasteiger partial charge on any atom is -0.459 e. The van der Waals surface area contributed by atoms with Crippen molar-refractivity contribution in [2.24, 2.45) is 5.92 Å². The Bertz CT molecular complexity index is 748. The predicted octanol–water partition coefficient (Wildman–Crippen LogP) is -1.78. The molecular formula is C13H18FN3O7. The zero-order valence-electron chi connectivity index (χ0n) is 13.2. The molecule has 4 atom stereocenters. The molecule has 0 aromatic carbocycles. The fourth-order valence-corrected chi connectivity index (χ4v) is 2.28. The van der Waals surface area contributed by atoms with Crippen molar-refractivity contribution >= 4 is 5.97 Å². The summed E-state index contributed by atoms with van der Waals surface area (Å²) in [5, 5.41) is 23.6. The second-order valence-corrected chi connectivity index (χ2v) is 5.95. The molecule has 0 spiro atoms. The second-order valence-electron chi connectivity index (χ2n) is 5.95. The van der Waals surface area contributed by atoms with Gasteiger partial charge in [0.15, 0.2) is 12.3 Å². The number of H-pyrrole nitrogens is 1. The number of esters is 1. The van der Waals surface area contributed by atoms with Crippen molar-refractivity contribution < 1.29 is 28.9 Å². The van der Waals surface area contributed by atoms with Crippen molar-refractivity contribution in [1.29, 1.82) is 0 Å². The molecule has 24 heavy (non-hydrogen) atoms. The molecule has 1 aromatic heterocycles. The molecule has 1 fully saturated rings. The number of aliphatic hydroxyl groups is 2. The van der Waals surface area contributed by atoms with E-state index in [0.717, 1.165) is 13.1 Å². The van der Waals surface area contributed by atoms with Crippen LogP contribution in [0.2, 0.25) is 0 Å². The zero-order valence-corrected chi connectivity index (χ0v) is 13.2. The van der Waals surface area contributed by atoms with Gasteiger partial charge in [-0.15, -0.1) is 0 Å². The molecule has 0 amide bonds. The summed E-state index contributed by atoms with van der Waals surface area (Å²) in [7, 11) is 0. The first-order valence-electron chi connectivity index (χ1n) is 7.12. The molecule has 0 aliphatic carbocycles. The standard InChI is InChI=1S/C13H18FN3O7/c1-6(2)10(21)23-5-13(14)9(20)8(19)12(3,24-13)17-11(22)16-7(18)4-15-17/h4,6,8-9,19-20H,5H2,1-3H3,(H,16,18,22)/t8-,9+,12-,13-/m1/s1. The van der Waals surface area contributed by atoms with E-state index in [0.29, 0.717) is 4.68 Å².